The molecule has 1 aromatic heterocycles. The Morgan fingerprint density at radius 1 is 1.38 bits per heavy atom. The zero-order valence-corrected chi connectivity index (χ0v) is 12.9. The SMILES string of the molecule is CCCCN1C(=O)CSC1c1cnc(-c2ccccc2)[nH]1. The molecule has 1 atom stereocenters. The highest BCUT2D eigenvalue weighted by Gasteiger charge is 2.33. The highest BCUT2D eigenvalue weighted by molar-refractivity contribution is 8.00. The molecule has 1 unspecified atom stereocenters. The first-order valence-corrected chi connectivity index (χ1v) is 8.36. The summed E-state index contributed by atoms with van der Waals surface area (Å²) in [5.41, 5.74) is 2.08. The molecular formula is C16H19N3OS. The summed E-state index contributed by atoms with van der Waals surface area (Å²) in [7, 11) is 0. The van der Waals surface area contributed by atoms with Crippen molar-refractivity contribution >= 4 is 17.7 Å². The highest BCUT2D eigenvalue weighted by atomic mass is 32.2. The zero-order chi connectivity index (χ0) is 14.7. The van der Waals surface area contributed by atoms with Gasteiger partial charge in [-0.15, -0.1) is 11.8 Å². The molecule has 5 heteroatoms. The third kappa shape index (κ3) is 2.97. The van der Waals surface area contributed by atoms with Gasteiger partial charge in [-0.3, -0.25) is 4.79 Å². The lowest BCUT2D eigenvalue weighted by molar-refractivity contribution is -0.128. The van der Waals surface area contributed by atoms with Gasteiger partial charge >= 0.3 is 0 Å². The summed E-state index contributed by atoms with van der Waals surface area (Å²) in [6.07, 6.45) is 4.00. The van der Waals surface area contributed by atoms with Gasteiger partial charge < -0.3 is 9.88 Å². The summed E-state index contributed by atoms with van der Waals surface area (Å²) in [6, 6.07) is 10.1. The Kier molecular flexibility index (Phi) is 4.29. The predicted molar refractivity (Wildman–Crippen MR) is 85.8 cm³/mol. The van der Waals surface area contributed by atoms with Gasteiger partial charge in [0.15, 0.2) is 0 Å². The number of imidazole rings is 1. The van der Waals surface area contributed by atoms with Crippen molar-refractivity contribution in [1.29, 1.82) is 0 Å². The first kappa shape index (κ1) is 14.2. The van der Waals surface area contributed by atoms with Crippen LogP contribution in [-0.2, 0) is 4.79 Å². The summed E-state index contributed by atoms with van der Waals surface area (Å²) in [6.45, 7) is 2.97. The van der Waals surface area contributed by atoms with Crippen LogP contribution in [0.3, 0.4) is 0 Å². The molecule has 1 amide bonds. The molecule has 0 radical (unpaired) electrons. The third-order valence-electron chi connectivity index (χ3n) is 3.63. The summed E-state index contributed by atoms with van der Waals surface area (Å²) < 4.78 is 0. The Morgan fingerprint density at radius 2 is 2.19 bits per heavy atom. The lowest BCUT2D eigenvalue weighted by atomic mass is 10.2. The molecule has 21 heavy (non-hydrogen) atoms. The molecule has 1 aliphatic heterocycles. The van der Waals surface area contributed by atoms with Gasteiger partial charge in [-0.1, -0.05) is 43.7 Å². The summed E-state index contributed by atoms with van der Waals surface area (Å²) in [5.74, 6) is 1.66. The quantitative estimate of drug-likeness (QED) is 0.920. The van der Waals surface area contributed by atoms with E-state index in [9.17, 15) is 4.79 Å². The molecule has 0 bridgehead atoms. The lowest BCUT2D eigenvalue weighted by Crippen LogP contribution is -2.29. The van der Waals surface area contributed by atoms with Crippen LogP contribution in [0, 0.1) is 0 Å². The van der Waals surface area contributed by atoms with Gasteiger partial charge in [0.1, 0.15) is 11.2 Å². The van der Waals surface area contributed by atoms with Crippen molar-refractivity contribution in [3.63, 3.8) is 0 Å². The van der Waals surface area contributed by atoms with E-state index >= 15 is 0 Å². The number of carbonyl (C=O) groups is 1. The minimum Gasteiger partial charge on any atom is -0.339 e. The fraction of sp³-hybridized carbons (Fsp3) is 0.375. The second-order valence-electron chi connectivity index (χ2n) is 5.16. The molecule has 0 spiro atoms. The van der Waals surface area contributed by atoms with Gasteiger partial charge in [0.05, 0.1) is 17.6 Å². The van der Waals surface area contributed by atoms with Gasteiger partial charge in [0.25, 0.3) is 0 Å². The maximum Gasteiger partial charge on any atom is 0.233 e. The first-order chi connectivity index (χ1) is 10.3. The highest BCUT2D eigenvalue weighted by Crippen LogP contribution is 2.38. The van der Waals surface area contributed by atoms with Crippen molar-refractivity contribution in [2.75, 3.05) is 12.3 Å². The summed E-state index contributed by atoms with van der Waals surface area (Å²) in [4.78, 5) is 21.8. The number of aromatic amines is 1. The number of hydrogen-bond acceptors (Lipinski definition) is 3. The molecule has 1 fully saturated rings. The lowest BCUT2D eigenvalue weighted by Gasteiger charge is -2.22. The second kappa shape index (κ2) is 6.35. The van der Waals surface area contributed by atoms with Gasteiger partial charge in [0.2, 0.25) is 5.91 Å². The van der Waals surface area contributed by atoms with E-state index in [2.05, 4.69) is 16.9 Å². The predicted octanol–water partition coefficient (Wildman–Crippen LogP) is 3.45. The van der Waals surface area contributed by atoms with Gasteiger partial charge in [-0.25, -0.2) is 4.98 Å². The fourth-order valence-corrected chi connectivity index (χ4v) is 3.65. The molecule has 3 rings (SSSR count). The number of unbranched alkanes of at least 4 members (excludes halogenated alkanes) is 1. The molecule has 2 heterocycles. The van der Waals surface area contributed by atoms with Crippen molar-refractivity contribution in [3.05, 3.63) is 42.2 Å². The van der Waals surface area contributed by atoms with Crippen LogP contribution in [0.25, 0.3) is 11.4 Å². The molecule has 1 saturated heterocycles. The van der Waals surface area contributed by atoms with Crippen molar-refractivity contribution in [2.45, 2.75) is 25.1 Å². The maximum absolute atomic E-state index is 12.0. The molecular weight excluding hydrogens is 282 g/mol. The number of carbonyl (C=O) groups excluding carboxylic acids is 1. The van der Waals surface area contributed by atoms with E-state index in [1.54, 1.807) is 11.8 Å². The average molecular weight is 301 g/mol. The maximum atomic E-state index is 12.0. The molecule has 2 aromatic rings. The molecule has 1 aliphatic rings. The minimum atomic E-state index is 0.0778. The number of nitrogens with zero attached hydrogens (tertiary/aromatic N) is 2. The number of thioether (sulfide) groups is 1. The van der Waals surface area contributed by atoms with Crippen LogP contribution in [0.15, 0.2) is 36.5 Å². The molecule has 0 saturated carbocycles. The Labute approximate surface area is 129 Å². The van der Waals surface area contributed by atoms with E-state index in [1.165, 1.54) is 0 Å². The average Bonchev–Trinajstić information content (AvgIpc) is 3.13. The number of benzene rings is 1. The summed E-state index contributed by atoms with van der Waals surface area (Å²) in [5, 5.41) is 0.0778. The Bertz CT molecular complexity index is 611. The fourth-order valence-electron chi connectivity index (χ4n) is 2.49. The number of H-pyrrole nitrogens is 1. The van der Waals surface area contributed by atoms with Gasteiger partial charge in [-0.2, -0.15) is 0 Å². The van der Waals surface area contributed by atoms with Crippen LogP contribution in [-0.4, -0.2) is 33.1 Å². The monoisotopic (exact) mass is 301 g/mol. The van der Waals surface area contributed by atoms with E-state index in [0.717, 1.165) is 36.5 Å². The third-order valence-corrected chi connectivity index (χ3v) is 4.87. The number of aromatic nitrogens is 2. The minimum absolute atomic E-state index is 0.0778. The number of nitrogens with one attached hydrogen (secondary N) is 1. The van der Waals surface area contributed by atoms with Crippen LogP contribution in [0.5, 0.6) is 0 Å². The molecule has 4 nitrogen and oxygen atoms in total. The van der Waals surface area contributed by atoms with Crippen LogP contribution < -0.4 is 0 Å². The molecule has 1 N–H and O–H groups in total. The second-order valence-corrected chi connectivity index (χ2v) is 6.23. The first-order valence-electron chi connectivity index (χ1n) is 7.31. The number of rotatable bonds is 5. The van der Waals surface area contributed by atoms with E-state index in [4.69, 9.17) is 0 Å². The van der Waals surface area contributed by atoms with Crippen molar-refractivity contribution in [2.24, 2.45) is 0 Å². The van der Waals surface area contributed by atoms with Crippen LogP contribution in [0.2, 0.25) is 0 Å². The van der Waals surface area contributed by atoms with E-state index < -0.39 is 0 Å². The van der Waals surface area contributed by atoms with E-state index in [-0.39, 0.29) is 11.3 Å². The van der Waals surface area contributed by atoms with Crippen molar-refractivity contribution in [1.82, 2.24) is 14.9 Å². The topological polar surface area (TPSA) is 49.0 Å². The van der Waals surface area contributed by atoms with Gasteiger partial charge in [-0.05, 0) is 6.42 Å². The molecule has 110 valence electrons. The Hall–Kier alpha value is -1.75. The molecule has 0 aliphatic carbocycles. The summed E-state index contributed by atoms with van der Waals surface area (Å²) >= 11 is 1.68. The van der Waals surface area contributed by atoms with Crippen LogP contribution >= 0.6 is 11.8 Å². The Balaban J connectivity index is 1.80. The normalized spacial score (nSPS) is 18.4. The van der Waals surface area contributed by atoms with E-state index in [0.29, 0.717) is 5.75 Å². The number of amides is 1. The van der Waals surface area contributed by atoms with Crippen molar-refractivity contribution < 1.29 is 4.79 Å². The van der Waals surface area contributed by atoms with Crippen LogP contribution in [0.1, 0.15) is 30.8 Å². The zero-order valence-electron chi connectivity index (χ0n) is 12.1. The molecule has 1 aromatic carbocycles. The standard InChI is InChI=1S/C16H19N3OS/c1-2-3-9-19-14(20)11-21-16(19)13-10-17-15(18-13)12-7-5-4-6-8-12/h4-8,10,16H,2-3,9,11H2,1H3,(H,17,18). The largest absolute Gasteiger partial charge is 0.339 e. The van der Waals surface area contributed by atoms with E-state index in [1.807, 2.05) is 41.4 Å². The van der Waals surface area contributed by atoms with Crippen LogP contribution in [0.4, 0.5) is 0 Å². The Morgan fingerprint density at radius 3 is 2.95 bits per heavy atom. The van der Waals surface area contributed by atoms with Crippen molar-refractivity contribution in [3.8, 4) is 11.4 Å². The smallest absolute Gasteiger partial charge is 0.233 e. The van der Waals surface area contributed by atoms with Gasteiger partial charge in [0, 0.05) is 12.1 Å². The number of hydrogen-bond donors (Lipinski definition) is 1.